The second-order valence-corrected chi connectivity index (χ2v) is 26.4. The lowest BCUT2D eigenvalue weighted by Gasteiger charge is -2.50. The Morgan fingerprint density at radius 2 is 0.726 bits per heavy atom. The first-order valence-corrected chi connectivity index (χ1v) is 30.2. The van der Waals surface area contributed by atoms with Crippen molar-refractivity contribution in [3.05, 3.63) is 0 Å². The van der Waals surface area contributed by atoms with Gasteiger partial charge in [0, 0.05) is 36.3 Å². The van der Waals surface area contributed by atoms with E-state index in [0.29, 0.717) is 0 Å². The average molecular weight is 851 g/mol. The van der Waals surface area contributed by atoms with Gasteiger partial charge < -0.3 is 0 Å². The van der Waals surface area contributed by atoms with Crippen LogP contribution in [0.3, 0.4) is 0 Å². The first kappa shape index (κ1) is 44.4. The molecule has 11 fully saturated rings. The molecule has 0 bridgehead atoms. The Hall–Kier alpha value is -0.0800. The minimum absolute atomic E-state index is 0.882. The van der Waals surface area contributed by atoms with E-state index in [-0.39, 0.29) is 0 Å². The van der Waals surface area contributed by atoms with Crippen molar-refractivity contribution in [1.29, 1.82) is 0 Å². The maximum atomic E-state index is 3.43. The highest BCUT2D eigenvalue weighted by molar-refractivity contribution is 5.10. The number of nitrogens with zero attached hydrogens (tertiary/aromatic N) is 2. The summed E-state index contributed by atoms with van der Waals surface area (Å²) in [6.07, 6.45) is 59.4. The molecule has 2 heterocycles. The van der Waals surface area contributed by atoms with Gasteiger partial charge in [0.2, 0.25) is 0 Å². The molecular formula is C60H102N2. The smallest absolute Gasteiger partial charge is 0.0135 e. The molecule has 2 aliphatic heterocycles. The molecule has 2 saturated heterocycles. The summed E-state index contributed by atoms with van der Waals surface area (Å²) in [6, 6.07) is 5.55. The van der Waals surface area contributed by atoms with Gasteiger partial charge in [-0.15, -0.1) is 0 Å². The maximum Gasteiger partial charge on any atom is 0.0135 e. The number of hydrogen-bond acceptors (Lipinski definition) is 2. The summed E-state index contributed by atoms with van der Waals surface area (Å²) in [5, 5.41) is 0. The van der Waals surface area contributed by atoms with E-state index >= 15 is 0 Å². The van der Waals surface area contributed by atoms with Crippen LogP contribution in [0.1, 0.15) is 258 Å². The molecule has 2 nitrogen and oxygen atoms in total. The van der Waals surface area contributed by atoms with E-state index in [1.807, 2.05) is 0 Å². The summed E-state index contributed by atoms with van der Waals surface area (Å²) in [4.78, 5) is 6.79. The van der Waals surface area contributed by atoms with Crippen molar-refractivity contribution in [3.63, 3.8) is 0 Å². The SMILES string of the molecule is CCC1C2CCC(C3CCC4C5CCCCC5N(C5CCC(C6CC(C7CCCCC7)CC(C7CCCCC7)C6)CC5)C4C3)CC2N(C2CCCC(C3CCCCC3)C2)C1CC. The Balaban J connectivity index is 0.768. The average Bonchev–Trinajstić information content (AvgIpc) is 3.86. The van der Waals surface area contributed by atoms with Crippen LogP contribution in [0.25, 0.3) is 0 Å². The predicted octanol–water partition coefficient (Wildman–Crippen LogP) is 16.4. The standard InChI is InChI=1S/C60H102N2/c1-3-53-55-33-29-46(39-59(55)62(57(53)4-2)52-24-16-23-45(38-52)41-17-8-5-9-18-41)47-30-34-56-54-25-14-15-26-58(54)61(60(56)40-47)51-31-27-44(28-32-51)50-36-48(42-19-10-6-11-20-42)35-49(37-50)43-21-12-7-13-22-43/h41-60H,3-40H2,1-2H3. The van der Waals surface area contributed by atoms with Crippen LogP contribution < -0.4 is 0 Å². The van der Waals surface area contributed by atoms with Crippen LogP contribution in [0.4, 0.5) is 0 Å². The lowest BCUT2D eigenvalue weighted by molar-refractivity contribution is 0.000881. The second kappa shape index (κ2) is 20.3. The van der Waals surface area contributed by atoms with E-state index in [0.717, 1.165) is 119 Å². The minimum atomic E-state index is 0.882. The lowest BCUT2D eigenvalue weighted by atomic mass is 9.59. The fraction of sp³-hybridized carbons (Fsp3) is 1.00. The first-order chi connectivity index (χ1) is 30.6. The van der Waals surface area contributed by atoms with Gasteiger partial charge in [-0.3, -0.25) is 9.80 Å². The van der Waals surface area contributed by atoms with Gasteiger partial charge in [-0.2, -0.15) is 0 Å². The number of likely N-dealkylation sites (tertiary alicyclic amines) is 2. The monoisotopic (exact) mass is 851 g/mol. The third-order valence-electron chi connectivity index (χ3n) is 24.0. The van der Waals surface area contributed by atoms with Crippen molar-refractivity contribution < 1.29 is 0 Å². The zero-order valence-electron chi connectivity index (χ0n) is 41.3. The van der Waals surface area contributed by atoms with E-state index in [1.165, 1.54) is 64.2 Å². The molecule has 0 aromatic carbocycles. The van der Waals surface area contributed by atoms with Crippen molar-refractivity contribution >= 4 is 0 Å². The minimum Gasteiger partial charge on any atom is -0.294 e. The highest BCUT2D eigenvalue weighted by Gasteiger charge is 2.57. The summed E-state index contributed by atoms with van der Waals surface area (Å²) in [7, 11) is 0. The highest BCUT2D eigenvalue weighted by atomic mass is 15.3. The van der Waals surface area contributed by atoms with E-state index in [9.17, 15) is 0 Å². The van der Waals surface area contributed by atoms with Gasteiger partial charge in [0.1, 0.15) is 0 Å². The second-order valence-electron chi connectivity index (χ2n) is 26.4. The Morgan fingerprint density at radius 1 is 0.274 bits per heavy atom. The summed E-state index contributed by atoms with van der Waals surface area (Å²) >= 11 is 0. The molecule has 2 heteroatoms. The van der Waals surface area contributed by atoms with E-state index < -0.39 is 0 Å². The van der Waals surface area contributed by atoms with Crippen molar-refractivity contribution in [1.82, 2.24) is 9.80 Å². The van der Waals surface area contributed by atoms with Gasteiger partial charge in [-0.25, -0.2) is 0 Å². The van der Waals surface area contributed by atoms with E-state index in [4.69, 9.17) is 0 Å². The van der Waals surface area contributed by atoms with Crippen LogP contribution in [0.15, 0.2) is 0 Å². The molecule has 11 rings (SSSR count). The fourth-order valence-electron chi connectivity index (χ4n) is 21.3. The summed E-state index contributed by atoms with van der Waals surface area (Å²) < 4.78 is 0. The van der Waals surface area contributed by atoms with Gasteiger partial charge in [0.05, 0.1) is 0 Å². The largest absolute Gasteiger partial charge is 0.294 e. The third-order valence-corrected chi connectivity index (χ3v) is 24.0. The zero-order chi connectivity index (χ0) is 41.6. The summed E-state index contributed by atoms with van der Waals surface area (Å²) in [5.74, 6) is 14.8. The van der Waals surface area contributed by atoms with Gasteiger partial charge in [-0.1, -0.05) is 142 Å². The van der Waals surface area contributed by atoms with Crippen molar-refractivity contribution in [2.75, 3.05) is 0 Å². The molecular weight excluding hydrogens is 749 g/mol. The summed E-state index contributed by atoms with van der Waals surface area (Å²) in [6.45, 7) is 5.18. The topological polar surface area (TPSA) is 6.48 Å². The molecule has 9 aliphatic carbocycles. The van der Waals surface area contributed by atoms with Crippen molar-refractivity contribution in [2.24, 2.45) is 82.9 Å². The fourth-order valence-corrected chi connectivity index (χ4v) is 21.3. The molecule has 62 heavy (non-hydrogen) atoms. The van der Waals surface area contributed by atoms with Crippen LogP contribution in [0.2, 0.25) is 0 Å². The normalized spacial score (nSPS) is 48.4. The molecule has 0 spiro atoms. The Morgan fingerprint density at radius 3 is 1.31 bits per heavy atom. The van der Waals surface area contributed by atoms with Gasteiger partial charge in [0.25, 0.3) is 0 Å². The molecule has 0 amide bonds. The number of rotatable bonds is 9. The first-order valence-electron chi connectivity index (χ1n) is 30.2. The highest BCUT2D eigenvalue weighted by Crippen LogP contribution is 2.58. The van der Waals surface area contributed by atoms with E-state index in [1.54, 1.807) is 180 Å². The van der Waals surface area contributed by atoms with Gasteiger partial charge >= 0.3 is 0 Å². The molecule has 0 N–H and O–H groups in total. The maximum absolute atomic E-state index is 3.43. The van der Waals surface area contributed by atoms with Crippen LogP contribution in [0, 0.1) is 82.9 Å². The van der Waals surface area contributed by atoms with Crippen LogP contribution in [0.5, 0.6) is 0 Å². The molecule has 0 aromatic heterocycles. The molecule has 352 valence electrons. The zero-order valence-corrected chi connectivity index (χ0v) is 41.3. The number of fused-ring (bicyclic) bond motifs is 4. The quantitative estimate of drug-likeness (QED) is 0.228. The van der Waals surface area contributed by atoms with Crippen LogP contribution >= 0.6 is 0 Å². The number of hydrogen-bond donors (Lipinski definition) is 0. The van der Waals surface area contributed by atoms with Crippen molar-refractivity contribution in [2.45, 2.75) is 294 Å². The molecule has 14 atom stereocenters. The van der Waals surface area contributed by atoms with Crippen LogP contribution in [-0.4, -0.2) is 46.1 Å². The Bertz CT molecular complexity index is 1350. The Kier molecular flexibility index (Phi) is 14.5. The van der Waals surface area contributed by atoms with Crippen LogP contribution in [-0.2, 0) is 0 Å². The lowest BCUT2D eigenvalue weighted by Crippen LogP contribution is -2.51. The van der Waals surface area contributed by atoms with E-state index in [2.05, 4.69) is 23.6 Å². The molecule has 11 aliphatic rings. The molecule has 0 radical (unpaired) electrons. The van der Waals surface area contributed by atoms with Crippen molar-refractivity contribution in [3.8, 4) is 0 Å². The Labute approximate surface area is 385 Å². The third kappa shape index (κ3) is 8.90. The summed E-state index contributed by atoms with van der Waals surface area (Å²) in [5.41, 5.74) is 0. The molecule has 0 aromatic rings. The van der Waals surface area contributed by atoms with Gasteiger partial charge in [-0.05, 0) is 198 Å². The molecule has 14 unspecified atom stereocenters. The molecule has 9 saturated carbocycles. The van der Waals surface area contributed by atoms with Gasteiger partial charge in [0.15, 0.2) is 0 Å². The predicted molar refractivity (Wildman–Crippen MR) is 262 cm³/mol.